The Morgan fingerprint density at radius 3 is 2.21 bits per heavy atom. The Morgan fingerprint density at radius 1 is 1.03 bits per heavy atom. The summed E-state index contributed by atoms with van der Waals surface area (Å²) in [4.78, 5) is 27.0. The maximum atomic E-state index is 13.8. The summed E-state index contributed by atoms with van der Waals surface area (Å²) in [6, 6.07) is 11.3. The highest BCUT2D eigenvalue weighted by molar-refractivity contribution is 7.90. The molecule has 13 heteroatoms. The first-order valence-corrected chi connectivity index (χ1v) is 13.4. The molecule has 0 aliphatic rings. The first-order chi connectivity index (χ1) is 18.2. The van der Waals surface area contributed by atoms with Crippen LogP contribution in [-0.4, -0.2) is 33.6 Å². The lowest BCUT2D eigenvalue weighted by molar-refractivity contribution is -0.137. The monoisotopic (exact) mass is 557 g/mol. The number of sulfone groups is 1. The molecule has 0 aliphatic heterocycles. The van der Waals surface area contributed by atoms with Gasteiger partial charge in [0.25, 0.3) is 5.56 Å². The van der Waals surface area contributed by atoms with Crippen LogP contribution in [0, 0.1) is 18.3 Å². The van der Waals surface area contributed by atoms with Crippen molar-refractivity contribution in [3.05, 3.63) is 92.4 Å². The largest absolute Gasteiger partial charge is 0.416 e. The second kappa shape index (κ2) is 9.70. The lowest BCUT2D eigenvalue weighted by Gasteiger charge is -2.21. The molecule has 0 fully saturated rings. The van der Waals surface area contributed by atoms with Gasteiger partial charge in [-0.15, -0.1) is 0 Å². The highest BCUT2D eigenvalue weighted by atomic mass is 32.2. The quantitative estimate of drug-likeness (QED) is 0.365. The molecule has 0 aliphatic carbocycles. The van der Waals surface area contributed by atoms with Gasteiger partial charge in [-0.05, 0) is 63.2 Å². The van der Waals surface area contributed by atoms with Crippen LogP contribution in [-0.2, 0) is 16.0 Å². The minimum absolute atomic E-state index is 0.0819. The average Bonchev–Trinajstić information content (AvgIpc) is 3.29. The number of alkyl halides is 3. The molecule has 0 saturated heterocycles. The van der Waals surface area contributed by atoms with Crippen LogP contribution < -0.4 is 11.2 Å². The molecule has 0 spiro atoms. The zero-order valence-electron chi connectivity index (χ0n) is 21.2. The third kappa shape index (κ3) is 4.90. The molecule has 4 aromatic rings. The smallest absolute Gasteiger partial charge is 0.268 e. The first kappa shape index (κ1) is 27.6. The SMILES string of the molecule is Cc1c(-c2c(S(C)(=O)=O)cnn2-c2ccc(C#N)cc2)c(=O)n(C(C)C)c(=O)n1-c1cccc(C(F)(F)F)c1. The molecule has 39 heavy (non-hydrogen) atoms. The van der Waals surface area contributed by atoms with Gasteiger partial charge in [0.05, 0.1) is 40.3 Å². The van der Waals surface area contributed by atoms with Crippen molar-refractivity contribution in [2.75, 3.05) is 6.26 Å². The van der Waals surface area contributed by atoms with E-state index in [9.17, 15) is 31.2 Å². The van der Waals surface area contributed by atoms with E-state index in [1.807, 2.05) is 6.07 Å². The van der Waals surface area contributed by atoms with Gasteiger partial charge in [-0.1, -0.05) is 6.07 Å². The molecule has 0 unspecified atom stereocenters. The van der Waals surface area contributed by atoms with Crippen LogP contribution >= 0.6 is 0 Å². The fraction of sp³-hybridized carbons (Fsp3) is 0.231. The molecule has 202 valence electrons. The molecule has 2 aromatic carbocycles. The molecular weight excluding hydrogens is 535 g/mol. The molecule has 9 nitrogen and oxygen atoms in total. The third-order valence-corrected chi connectivity index (χ3v) is 7.19. The summed E-state index contributed by atoms with van der Waals surface area (Å²) >= 11 is 0. The highest BCUT2D eigenvalue weighted by Gasteiger charge is 2.32. The Hall–Kier alpha value is -4.44. The van der Waals surface area contributed by atoms with Gasteiger partial charge in [0, 0.05) is 18.0 Å². The van der Waals surface area contributed by atoms with Gasteiger partial charge in [-0.25, -0.2) is 17.9 Å². The van der Waals surface area contributed by atoms with Crippen molar-refractivity contribution >= 4 is 9.84 Å². The van der Waals surface area contributed by atoms with Crippen molar-refractivity contribution in [1.82, 2.24) is 18.9 Å². The van der Waals surface area contributed by atoms with E-state index in [0.717, 1.165) is 39.8 Å². The van der Waals surface area contributed by atoms with E-state index in [1.165, 1.54) is 41.9 Å². The second-order valence-electron chi connectivity index (χ2n) is 9.10. The highest BCUT2D eigenvalue weighted by Crippen LogP contribution is 2.33. The predicted octanol–water partition coefficient (Wildman–Crippen LogP) is 4.04. The molecule has 0 atom stereocenters. The minimum Gasteiger partial charge on any atom is -0.268 e. The summed E-state index contributed by atoms with van der Waals surface area (Å²) in [5, 5.41) is 13.3. The Kier molecular flexibility index (Phi) is 6.86. The Morgan fingerprint density at radius 2 is 1.67 bits per heavy atom. The zero-order valence-corrected chi connectivity index (χ0v) is 22.0. The van der Waals surface area contributed by atoms with Crippen molar-refractivity contribution < 1.29 is 21.6 Å². The minimum atomic E-state index is -4.69. The van der Waals surface area contributed by atoms with Gasteiger partial charge < -0.3 is 0 Å². The Bertz CT molecular complexity index is 1860. The van der Waals surface area contributed by atoms with E-state index >= 15 is 0 Å². The Labute approximate surface area is 220 Å². The topological polar surface area (TPSA) is 120 Å². The normalized spacial score (nSPS) is 12.1. The average molecular weight is 558 g/mol. The van der Waals surface area contributed by atoms with Crippen LogP contribution in [0.4, 0.5) is 13.2 Å². The molecule has 2 heterocycles. The number of hydrogen-bond donors (Lipinski definition) is 0. The summed E-state index contributed by atoms with van der Waals surface area (Å²) in [7, 11) is -3.98. The predicted molar refractivity (Wildman–Crippen MR) is 137 cm³/mol. The summed E-state index contributed by atoms with van der Waals surface area (Å²) in [5.74, 6) is 0. The lowest BCUT2D eigenvalue weighted by Crippen LogP contribution is -2.42. The van der Waals surface area contributed by atoms with Gasteiger partial charge in [0.1, 0.15) is 10.6 Å². The molecule has 0 amide bonds. The van der Waals surface area contributed by atoms with E-state index < -0.39 is 38.9 Å². The molecule has 4 rings (SSSR count). The van der Waals surface area contributed by atoms with Crippen molar-refractivity contribution in [2.45, 2.75) is 37.9 Å². The number of hydrogen-bond acceptors (Lipinski definition) is 6. The summed E-state index contributed by atoms with van der Waals surface area (Å²) < 4.78 is 69.1. The third-order valence-electron chi connectivity index (χ3n) is 6.09. The maximum Gasteiger partial charge on any atom is 0.416 e. The van der Waals surface area contributed by atoms with Crippen LogP contribution in [0.5, 0.6) is 0 Å². The van der Waals surface area contributed by atoms with Gasteiger partial charge in [-0.3, -0.25) is 13.9 Å². The number of aromatic nitrogens is 4. The maximum absolute atomic E-state index is 13.8. The molecule has 0 radical (unpaired) electrons. The van der Waals surface area contributed by atoms with Crippen LogP contribution in [0.3, 0.4) is 0 Å². The van der Waals surface area contributed by atoms with Gasteiger partial charge >= 0.3 is 11.9 Å². The number of benzene rings is 2. The standard InChI is InChI=1S/C26H22F3N5O4S/c1-15(2)32-24(35)22(16(3)33(25(32)36)20-7-5-6-18(12-20)26(27,28)29)23-21(39(4,37)38)14-31-34(23)19-10-8-17(13-30)9-11-19/h5-12,14-15H,1-4H3. The zero-order chi connectivity index (χ0) is 28.9. The van der Waals surface area contributed by atoms with Crippen LogP contribution in [0.2, 0.25) is 0 Å². The van der Waals surface area contributed by atoms with Crippen molar-refractivity contribution in [2.24, 2.45) is 0 Å². The summed E-state index contributed by atoms with van der Waals surface area (Å²) in [6.07, 6.45) is -2.71. The van der Waals surface area contributed by atoms with Gasteiger partial charge in [-0.2, -0.15) is 23.5 Å². The van der Waals surface area contributed by atoms with E-state index in [2.05, 4.69) is 5.10 Å². The van der Waals surface area contributed by atoms with Gasteiger partial charge in [0.15, 0.2) is 9.84 Å². The van der Waals surface area contributed by atoms with E-state index in [4.69, 9.17) is 5.26 Å². The summed E-state index contributed by atoms with van der Waals surface area (Å²) in [5.41, 5.74) is -2.73. The second-order valence-corrected chi connectivity index (χ2v) is 11.1. The van der Waals surface area contributed by atoms with Crippen LogP contribution in [0.1, 0.15) is 36.7 Å². The molecule has 0 saturated carbocycles. The molecular formula is C26H22F3N5O4S. The van der Waals surface area contributed by atoms with Crippen LogP contribution in [0.25, 0.3) is 22.6 Å². The van der Waals surface area contributed by atoms with E-state index in [0.29, 0.717) is 11.3 Å². The van der Waals surface area contributed by atoms with Crippen molar-refractivity contribution in [3.8, 4) is 28.7 Å². The summed E-state index contributed by atoms with van der Waals surface area (Å²) in [6.45, 7) is 4.45. The number of rotatable bonds is 5. The Balaban J connectivity index is 2.18. The number of nitriles is 1. The van der Waals surface area contributed by atoms with E-state index in [1.54, 1.807) is 13.8 Å². The first-order valence-electron chi connectivity index (χ1n) is 11.5. The number of halogens is 3. The van der Waals surface area contributed by atoms with Crippen molar-refractivity contribution in [1.29, 1.82) is 5.26 Å². The molecule has 0 N–H and O–H groups in total. The molecule has 2 aromatic heterocycles. The fourth-order valence-electron chi connectivity index (χ4n) is 4.29. The van der Waals surface area contributed by atoms with Crippen LogP contribution in [0.15, 0.2) is 69.2 Å². The van der Waals surface area contributed by atoms with Crippen molar-refractivity contribution in [3.63, 3.8) is 0 Å². The van der Waals surface area contributed by atoms with Gasteiger partial charge in [0.2, 0.25) is 0 Å². The number of nitrogens with zero attached hydrogens (tertiary/aromatic N) is 5. The lowest BCUT2D eigenvalue weighted by atomic mass is 10.1. The van der Waals surface area contributed by atoms with E-state index in [-0.39, 0.29) is 27.5 Å². The molecule has 0 bridgehead atoms. The fourth-order valence-corrected chi connectivity index (χ4v) is 5.06.